The van der Waals surface area contributed by atoms with Crippen LogP contribution in [0.3, 0.4) is 0 Å². The van der Waals surface area contributed by atoms with Gasteiger partial charge in [-0.05, 0) is 31.7 Å². The van der Waals surface area contributed by atoms with Gasteiger partial charge in [0.2, 0.25) is 5.91 Å². The Morgan fingerprint density at radius 1 is 1.32 bits per heavy atom. The Morgan fingerprint density at radius 3 is 2.63 bits per heavy atom. The molecule has 0 aliphatic heterocycles. The quantitative estimate of drug-likeness (QED) is 0.785. The van der Waals surface area contributed by atoms with E-state index in [0.717, 1.165) is 23.6 Å². The highest BCUT2D eigenvalue weighted by Crippen LogP contribution is 2.29. The van der Waals surface area contributed by atoms with Crippen molar-refractivity contribution in [2.24, 2.45) is 0 Å². The summed E-state index contributed by atoms with van der Waals surface area (Å²) in [7, 11) is 3.22. The van der Waals surface area contributed by atoms with E-state index in [0.29, 0.717) is 6.54 Å². The lowest BCUT2D eigenvalue weighted by Crippen LogP contribution is -2.35. The van der Waals surface area contributed by atoms with Crippen LogP contribution >= 0.6 is 0 Å². The Kier molecular flexibility index (Phi) is 6.15. The number of rotatable bonds is 7. The van der Waals surface area contributed by atoms with Crippen LogP contribution in [0.1, 0.15) is 25.5 Å². The molecule has 1 aromatic rings. The minimum Gasteiger partial charge on any atom is -0.497 e. The maximum Gasteiger partial charge on any atom is 0.234 e. The molecule has 0 heterocycles. The average molecular weight is 266 g/mol. The van der Waals surface area contributed by atoms with E-state index in [2.05, 4.69) is 10.6 Å². The summed E-state index contributed by atoms with van der Waals surface area (Å²) in [4.78, 5) is 11.7. The van der Waals surface area contributed by atoms with Crippen molar-refractivity contribution in [3.63, 3.8) is 0 Å². The monoisotopic (exact) mass is 266 g/mol. The summed E-state index contributed by atoms with van der Waals surface area (Å²) in [5.41, 5.74) is 0.895. The van der Waals surface area contributed by atoms with Crippen LogP contribution in [0.5, 0.6) is 11.5 Å². The fraction of sp³-hybridized carbons (Fsp3) is 0.500. The number of carbonyl (C=O) groups excluding carboxylic acids is 1. The first-order valence-electron chi connectivity index (χ1n) is 6.34. The van der Waals surface area contributed by atoms with Crippen LogP contribution in [0.15, 0.2) is 18.2 Å². The molecule has 0 saturated carbocycles. The predicted octanol–water partition coefficient (Wildman–Crippen LogP) is 1.49. The van der Waals surface area contributed by atoms with Crippen molar-refractivity contribution < 1.29 is 14.3 Å². The molecule has 0 radical (unpaired) electrons. The Bertz CT molecular complexity index is 421. The number of hydrogen-bond donors (Lipinski definition) is 2. The van der Waals surface area contributed by atoms with Crippen LogP contribution in [0.25, 0.3) is 0 Å². The van der Waals surface area contributed by atoms with Gasteiger partial charge in [0.1, 0.15) is 11.5 Å². The number of ether oxygens (including phenoxy) is 2. The van der Waals surface area contributed by atoms with Gasteiger partial charge in [-0.1, -0.05) is 6.92 Å². The van der Waals surface area contributed by atoms with Gasteiger partial charge < -0.3 is 20.1 Å². The van der Waals surface area contributed by atoms with Crippen molar-refractivity contribution >= 4 is 5.91 Å². The van der Waals surface area contributed by atoms with Crippen LogP contribution in [-0.4, -0.2) is 33.2 Å². The molecule has 19 heavy (non-hydrogen) atoms. The van der Waals surface area contributed by atoms with Gasteiger partial charge in [-0.15, -0.1) is 0 Å². The van der Waals surface area contributed by atoms with Crippen molar-refractivity contribution in [3.8, 4) is 11.5 Å². The lowest BCUT2D eigenvalue weighted by molar-refractivity contribution is -0.120. The molecule has 1 amide bonds. The van der Waals surface area contributed by atoms with Gasteiger partial charge in [0.25, 0.3) is 0 Å². The molecular formula is C14H22N2O3. The smallest absolute Gasteiger partial charge is 0.234 e. The number of likely N-dealkylation sites (N-methyl/N-ethyl adjacent to an activating group) is 1. The van der Waals surface area contributed by atoms with Gasteiger partial charge >= 0.3 is 0 Å². The van der Waals surface area contributed by atoms with Gasteiger partial charge in [-0.2, -0.15) is 0 Å². The minimum atomic E-state index is -0.142. The Morgan fingerprint density at radius 2 is 2.05 bits per heavy atom. The highest BCUT2D eigenvalue weighted by Gasteiger charge is 2.14. The van der Waals surface area contributed by atoms with E-state index in [1.54, 1.807) is 14.2 Å². The second-order valence-corrected chi connectivity index (χ2v) is 4.18. The Hall–Kier alpha value is -1.75. The highest BCUT2D eigenvalue weighted by molar-refractivity contribution is 5.78. The molecule has 1 unspecified atom stereocenters. The Balaban J connectivity index is 2.79. The molecule has 0 fully saturated rings. The molecule has 1 rings (SSSR count). The molecule has 1 aromatic carbocycles. The van der Waals surface area contributed by atoms with E-state index >= 15 is 0 Å². The summed E-state index contributed by atoms with van der Waals surface area (Å²) in [6.45, 7) is 4.96. The maximum atomic E-state index is 11.7. The van der Waals surface area contributed by atoms with Crippen LogP contribution in [0.2, 0.25) is 0 Å². The van der Waals surface area contributed by atoms with E-state index in [1.807, 2.05) is 32.0 Å². The number of carbonyl (C=O) groups is 1. The Labute approximate surface area is 114 Å². The summed E-state index contributed by atoms with van der Waals surface area (Å²) in [6, 6.07) is 5.39. The van der Waals surface area contributed by atoms with E-state index in [4.69, 9.17) is 9.47 Å². The third kappa shape index (κ3) is 4.44. The van der Waals surface area contributed by atoms with Crippen LogP contribution < -0.4 is 20.1 Å². The topological polar surface area (TPSA) is 59.6 Å². The van der Waals surface area contributed by atoms with Crippen molar-refractivity contribution in [3.05, 3.63) is 23.8 Å². The summed E-state index contributed by atoms with van der Waals surface area (Å²) >= 11 is 0. The summed E-state index contributed by atoms with van der Waals surface area (Å²) < 4.78 is 10.5. The SMILES string of the molecule is CCNCC(=O)NC(C)c1cc(OC)ccc1OC. The van der Waals surface area contributed by atoms with Crippen molar-refractivity contribution in [2.75, 3.05) is 27.3 Å². The first-order chi connectivity index (χ1) is 9.12. The summed E-state index contributed by atoms with van der Waals surface area (Å²) in [5, 5.41) is 5.91. The van der Waals surface area contributed by atoms with E-state index in [9.17, 15) is 4.79 Å². The zero-order valence-corrected chi connectivity index (χ0v) is 11.9. The van der Waals surface area contributed by atoms with Gasteiger partial charge in [0, 0.05) is 5.56 Å². The van der Waals surface area contributed by atoms with Crippen molar-refractivity contribution in [2.45, 2.75) is 19.9 Å². The number of nitrogens with one attached hydrogen (secondary N) is 2. The number of benzene rings is 1. The fourth-order valence-electron chi connectivity index (χ4n) is 1.79. The molecule has 1 atom stereocenters. The van der Waals surface area contributed by atoms with Crippen LogP contribution in [0.4, 0.5) is 0 Å². The fourth-order valence-corrected chi connectivity index (χ4v) is 1.79. The molecule has 106 valence electrons. The van der Waals surface area contributed by atoms with Gasteiger partial charge in [0.15, 0.2) is 0 Å². The second kappa shape index (κ2) is 7.63. The van der Waals surface area contributed by atoms with Gasteiger partial charge in [-0.25, -0.2) is 0 Å². The lowest BCUT2D eigenvalue weighted by Gasteiger charge is -2.18. The van der Waals surface area contributed by atoms with E-state index in [-0.39, 0.29) is 11.9 Å². The average Bonchev–Trinajstić information content (AvgIpc) is 2.44. The third-order valence-corrected chi connectivity index (χ3v) is 2.82. The first-order valence-corrected chi connectivity index (χ1v) is 6.34. The lowest BCUT2D eigenvalue weighted by atomic mass is 10.1. The zero-order chi connectivity index (χ0) is 14.3. The number of hydrogen-bond acceptors (Lipinski definition) is 4. The molecular weight excluding hydrogens is 244 g/mol. The minimum absolute atomic E-state index is 0.0424. The molecule has 5 heteroatoms. The molecule has 0 aliphatic carbocycles. The maximum absolute atomic E-state index is 11.7. The normalized spacial score (nSPS) is 11.8. The second-order valence-electron chi connectivity index (χ2n) is 4.18. The largest absolute Gasteiger partial charge is 0.497 e. The van der Waals surface area contributed by atoms with Gasteiger partial charge in [0.05, 0.1) is 26.8 Å². The number of amides is 1. The highest BCUT2D eigenvalue weighted by atomic mass is 16.5. The van der Waals surface area contributed by atoms with Crippen LogP contribution in [-0.2, 0) is 4.79 Å². The third-order valence-electron chi connectivity index (χ3n) is 2.82. The first kappa shape index (κ1) is 15.3. The molecule has 0 aliphatic rings. The zero-order valence-electron chi connectivity index (χ0n) is 11.9. The van der Waals surface area contributed by atoms with E-state index < -0.39 is 0 Å². The van der Waals surface area contributed by atoms with Crippen molar-refractivity contribution in [1.29, 1.82) is 0 Å². The molecule has 0 saturated heterocycles. The predicted molar refractivity (Wildman–Crippen MR) is 74.6 cm³/mol. The van der Waals surface area contributed by atoms with Crippen molar-refractivity contribution in [1.82, 2.24) is 10.6 Å². The molecule has 2 N–H and O–H groups in total. The molecule has 0 bridgehead atoms. The number of methoxy groups -OCH3 is 2. The van der Waals surface area contributed by atoms with Crippen LogP contribution in [0, 0.1) is 0 Å². The standard InChI is InChI=1S/C14H22N2O3/c1-5-15-9-14(17)16-10(2)12-8-11(18-3)6-7-13(12)19-4/h6-8,10,15H,5,9H2,1-4H3,(H,16,17). The van der Waals surface area contributed by atoms with E-state index in [1.165, 1.54) is 0 Å². The summed E-state index contributed by atoms with van der Waals surface area (Å²) in [6.07, 6.45) is 0. The molecule has 0 spiro atoms. The summed E-state index contributed by atoms with van der Waals surface area (Å²) in [5.74, 6) is 1.43. The van der Waals surface area contributed by atoms with Gasteiger partial charge in [-0.3, -0.25) is 4.79 Å². The molecule has 5 nitrogen and oxygen atoms in total. The molecule has 0 aromatic heterocycles.